The molecule has 1 aromatic rings. The smallest absolute Gasteiger partial charge is 0.174 e. The summed E-state index contributed by atoms with van der Waals surface area (Å²) in [4.78, 5) is 0.925. The van der Waals surface area contributed by atoms with Gasteiger partial charge in [-0.3, -0.25) is 0 Å². The predicted octanol–water partition coefficient (Wildman–Crippen LogP) is 1.92. The van der Waals surface area contributed by atoms with E-state index in [0.717, 1.165) is 10.5 Å². The van der Waals surface area contributed by atoms with Gasteiger partial charge in [0.25, 0.3) is 0 Å². The number of rotatable bonds is 4. The molecule has 1 N–H and O–H groups in total. The van der Waals surface area contributed by atoms with E-state index in [0.29, 0.717) is 11.5 Å². The quantitative estimate of drug-likeness (QED) is 0.777. The number of methoxy groups -OCH3 is 2. The normalized spacial score (nSPS) is 10.0. The fraction of sp³-hybridized carbons (Fsp3) is 0.400. The van der Waals surface area contributed by atoms with Crippen LogP contribution < -0.4 is 9.47 Å². The Morgan fingerprint density at radius 3 is 2.43 bits per heavy atom. The van der Waals surface area contributed by atoms with Crippen molar-refractivity contribution in [1.29, 1.82) is 0 Å². The van der Waals surface area contributed by atoms with E-state index in [2.05, 4.69) is 0 Å². The summed E-state index contributed by atoms with van der Waals surface area (Å²) >= 11 is 1.54. The highest BCUT2D eigenvalue weighted by Gasteiger charge is 2.13. The van der Waals surface area contributed by atoms with Gasteiger partial charge in [-0.25, -0.2) is 0 Å². The fourth-order valence-electron chi connectivity index (χ4n) is 1.29. The van der Waals surface area contributed by atoms with Gasteiger partial charge in [-0.2, -0.15) is 0 Å². The molecule has 0 unspecified atom stereocenters. The van der Waals surface area contributed by atoms with Crippen molar-refractivity contribution >= 4 is 11.8 Å². The molecule has 0 bridgehead atoms. The molecule has 1 aromatic carbocycles. The molecular formula is C10H14O3S. The van der Waals surface area contributed by atoms with Gasteiger partial charge in [0.05, 0.1) is 25.7 Å². The molecular weight excluding hydrogens is 200 g/mol. The van der Waals surface area contributed by atoms with Gasteiger partial charge in [-0.1, -0.05) is 6.07 Å². The van der Waals surface area contributed by atoms with Gasteiger partial charge in [0.1, 0.15) is 0 Å². The van der Waals surface area contributed by atoms with Gasteiger partial charge in [-0.05, 0) is 17.9 Å². The Kier molecular flexibility index (Phi) is 4.10. The van der Waals surface area contributed by atoms with Crippen LogP contribution in [-0.2, 0) is 6.61 Å². The molecule has 0 atom stereocenters. The molecule has 0 spiro atoms. The standard InChI is InChI=1S/C10H14O3S/c1-12-8-5-4-7(6-11)10(14-3)9(8)13-2/h4-5,11H,6H2,1-3H3. The van der Waals surface area contributed by atoms with E-state index in [1.807, 2.05) is 12.3 Å². The molecule has 0 radical (unpaired) electrons. The summed E-state index contributed by atoms with van der Waals surface area (Å²) in [6, 6.07) is 3.64. The van der Waals surface area contributed by atoms with E-state index >= 15 is 0 Å². The van der Waals surface area contributed by atoms with Crippen molar-refractivity contribution in [2.45, 2.75) is 11.5 Å². The molecule has 0 aliphatic heterocycles. The highest BCUT2D eigenvalue weighted by atomic mass is 32.2. The molecule has 0 saturated carbocycles. The van der Waals surface area contributed by atoms with E-state index in [4.69, 9.17) is 14.6 Å². The number of hydrogen-bond donors (Lipinski definition) is 1. The summed E-state index contributed by atoms with van der Waals surface area (Å²) in [6.07, 6.45) is 1.94. The third-order valence-corrected chi connectivity index (χ3v) is 2.81. The summed E-state index contributed by atoms with van der Waals surface area (Å²) in [6.45, 7) is 0.0104. The maximum absolute atomic E-state index is 9.12. The highest BCUT2D eigenvalue weighted by molar-refractivity contribution is 7.98. The van der Waals surface area contributed by atoms with Crippen molar-refractivity contribution in [2.75, 3.05) is 20.5 Å². The number of benzene rings is 1. The zero-order chi connectivity index (χ0) is 10.6. The maximum atomic E-state index is 9.12. The minimum Gasteiger partial charge on any atom is -0.493 e. The zero-order valence-corrected chi connectivity index (χ0v) is 9.35. The first-order valence-electron chi connectivity index (χ1n) is 4.17. The summed E-state index contributed by atoms with van der Waals surface area (Å²) in [7, 11) is 3.19. The molecule has 0 aliphatic rings. The maximum Gasteiger partial charge on any atom is 0.174 e. The van der Waals surface area contributed by atoms with E-state index < -0.39 is 0 Å². The van der Waals surface area contributed by atoms with Gasteiger partial charge in [0.15, 0.2) is 11.5 Å². The van der Waals surface area contributed by atoms with Crippen LogP contribution in [0.2, 0.25) is 0 Å². The van der Waals surface area contributed by atoms with E-state index in [9.17, 15) is 0 Å². The Labute approximate surface area is 88.0 Å². The first kappa shape index (κ1) is 11.2. The fourth-order valence-corrected chi connectivity index (χ4v) is 2.05. The Morgan fingerprint density at radius 1 is 1.29 bits per heavy atom. The Hall–Kier alpha value is -0.870. The van der Waals surface area contributed by atoms with Crippen molar-refractivity contribution in [3.05, 3.63) is 17.7 Å². The predicted molar refractivity (Wildman–Crippen MR) is 57.2 cm³/mol. The van der Waals surface area contributed by atoms with Crippen LogP contribution in [0.4, 0.5) is 0 Å². The van der Waals surface area contributed by atoms with Crippen LogP contribution in [0.15, 0.2) is 17.0 Å². The molecule has 0 saturated heterocycles. The summed E-state index contributed by atoms with van der Waals surface area (Å²) in [5.74, 6) is 1.38. The van der Waals surface area contributed by atoms with Crippen LogP contribution >= 0.6 is 11.8 Å². The van der Waals surface area contributed by atoms with E-state index in [-0.39, 0.29) is 6.61 Å². The van der Waals surface area contributed by atoms with Crippen molar-refractivity contribution in [3.8, 4) is 11.5 Å². The SMILES string of the molecule is COc1ccc(CO)c(SC)c1OC. The second-order valence-corrected chi connectivity index (χ2v) is 3.47. The van der Waals surface area contributed by atoms with Crippen molar-refractivity contribution in [2.24, 2.45) is 0 Å². The van der Waals surface area contributed by atoms with Crippen LogP contribution in [0.5, 0.6) is 11.5 Å². The van der Waals surface area contributed by atoms with Gasteiger partial charge < -0.3 is 14.6 Å². The molecule has 0 heterocycles. The van der Waals surface area contributed by atoms with Gasteiger partial charge in [-0.15, -0.1) is 11.8 Å². The second kappa shape index (κ2) is 5.12. The number of aliphatic hydroxyl groups is 1. The summed E-state index contributed by atoms with van der Waals surface area (Å²) < 4.78 is 10.4. The van der Waals surface area contributed by atoms with Crippen molar-refractivity contribution in [3.63, 3.8) is 0 Å². The van der Waals surface area contributed by atoms with Crippen LogP contribution in [-0.4, -0.2) is 25.6 Å². The minimum absolute atomic E-state index is 0.0104. The number of thioether (sulfide) groups is 1. The molecule has 0 fully saturated rings. The number of ether oxygens (including phenoxy) is 2. The first-order chi connectivity index (χ1) is 6.78. The molecule has 4 heteroatoms. The third kappa shape index (κ3) is 1.96. The lowest BCUT2D eigenvalue weighted by Crippen LogP contribution is -1.96. The molecule has 3 nitrogen and oxygen atoms in total. The number of aliphatic hydroxyl groups excluding tert-OH is 1. The molecule has 1 rings (SSSR count). The highest BCUT2D eigenvalue weighted by Crippen LogP contribution is 2.38. The lowest BCUT2D eigenvalue weighted by Gasteiger charge is -2.13. The largest absolute Gasteiger partial charge is 0.493 e. The average molecular weight is 214 g/mol. The second-order valence-electron chi connectivity index (χ2n) is 2.65. The van der Waals surface area contributed by atoms with Gasteiger partial charge in [0, 0.05) is 0 Å². The van der Waals surface area contributed by atoms with Crippen molar-refractivity contribution in [1.82, 2.24) is 0 Å². The minimum atomic E-state index is 0.0104. The monoisotopic (exact) mass is 214 g/mol. The van der Waals surface area contributed by atoms with Gasteiger partial charge >= 0.3 is 0 Å². The van der Waals surface area contributed by atoms with Crippen LogP contribution in [0.1, 0.15) is 5.56 Å². The molecule has 14 heavy (non-hydrogen) atoms. The topological polar surface area (TPSA) is 38.7 Å². The van der Waals surface area contributed by atoms with Crippen LogP contribution in [0.3, 0.4) is 0 Å². The molecule has 0 aromatic heterocycles. The van der Waals surface area contributed by atoms with E-state index in [1.54, 1.807) is 20.3 Å². The molecule has 78 valence electrons. The lowest BCUT2D eigenvalue weighted by atomic mass is 10.2. The summed E-state index contributed by atoms with van der Waals surface area (Å²) in [5.41, 5.74) is 0.857. The average Bonchev–Trinajstić information content (AvgIpc) is 2.26. The first-order valence-corrected chi connectivity index (χ1v) is 5.39. The van der Waals surface area contributed by atoms with Crippen molar-refractivity contribution < 1.29 is 14.6 Å². The Bertz CT molecular complexity index is 281. The molecule has 0 amide bonds. The Balaban J connectivity index is 3.28. The van der Waals surface area contributed by atoms with Gasteiger partial charge in [0.2, 0.25) is 0 Å². The number of hydrogen-bond acceptors (Lipinski definition) is 4. The summed E-state index contributed by atoms with van der Waals surface area (Å²) in [5, 5.41) is 9.12. The third-order valence-electron chi connectivity index (χ3n) is 1.96. The van der Waals surface area contributed by atoms with E-state index in [1.165, 1.54) is 11.8 Å². The van der Waals surface area contributed by atoms with Crippen LogP contribution in [0, 0.1) is 0 Å². The van der Waals surface area contributed by atoms with Crippen LogP contribution in [0.25, 0.3) is 0 Å². The zero-order valence-electron chi connectivity index (χ0n) is 8.53. The lowest BCUT2D eigenvalue weighted by molar-refractivity contribution is 0.275. The molecule has 0 aliphatic carbocycles. The Morgan fingerprint density at radius 2 is 2.00 bits per heavy atom.